The average molecular weight is 377 g/mol. The number of methoxy groups -OCH3 is 1. The fraction of sp³-hybridized carbons (Fsp3) is 0.600. The van der Waals surface area contributed by atoms with Crippen LogP contribution in [0.5, 0.6) is 11.5 Å². The van der Waals surface area contributed by atoms with Crippen molar-refractivity contribution in [2.45, 2.75) is 44.9 Å². The van der Waals surface area contributed by atoms with Crippen molar-refractivity contribution >= 4 is 23.7 Å². The second kappa shape index (κ2) is 6.76. The Bertz CT molecular complexity index is 712. The number of nitrogens with one attached hydrogen (secondary N) is 1. The van der Waals surface area contributed by atoms with Gasteiger partial charge in [-0.3, -0.25) is 4.79 Å². The molecule has 4 fully saturated rings. The van der Waals surface area contributed by atoms with Gasteiger partial charge in [-0.2, -0.15) is 5.10 Å². The third kappa shape index (κ3) is 3.41. The molecule has 4 aliphatic carbocycles. The molecule has 5 nitrogen and oxygen atoms in total. The number of amides is 1. The molecule has 4 saturated carbocycles. The smallest absolute Gasteiger partial charge is 0.240 e. The lowest BCUT2D eigenvalue weighted by atomic mass is 9.49. The van der Waals surface area contributed by atoms with Gasteiger partial charge in [0.2, 0.25) is 5.91 Å². The molecule has 5 rings (SSSR count). The number of hydrogen-bond acceptors (Lipinski definition) is 4. The second-order valence-electron chi connectivity index (χ2n) is 8.44. The van der Waals surface area contributed by atoms with E-state index in [1.54, 1.807) is 12.1 Å². The van der Waals surface area contributed by atoms with Crippen molar-refractivity contribution < 1.29 is 14.6 Å². The number of phenolic OH excluding ortho intramolecular Hbond substituents is 1. The highest BCUT2D eigenvalue weighted by Gasteiger charge is 2.51. The van der Waals surface area contributed by atoms with E-state index in [0.29, 0.717) is 12.0 Å². The first-order valence-corrected chi connectivity index (χ1v) is 9.72. The molecule has 0 saturated heterocycles. The molecule has 26 heavy (non-hydrogen) atoms. The Labute approximate surface area is 158 Å². The normalized spacial score (nSPS) is 32.2. The summed E-state index contributed by atoms with van der Waals surface area (Å²) in [6.07, 6.45) is 9.86. The van der Waals surface area contributed by atoms with Crippen molar-refractivity contribution in [1.29, 1.82) is 0 Å². The Morgan fingerprint density at radius 3 is 2.50 bits per heavy atom. The van der Waals surface area contributed by atoms with Gasteiger partial charge in [-0.25, -0.2) is 5.43 Å². The minimum absolute atomic E-state index is 0.0139. The van der Waals surface area contributed by atoms with E-state index in [1.165, 1.54) is 51.8 Å². The molecule has 1 amide bonds. The molecule has 4 aliphatic rings. The first kappa shape index (κ1) is 17.7. The van der Waals surface area contributed by atoms with Crippen molar-refractivity contribution in [1.82, 2.24) is 5.43 Å². The van der Waals surface area contributed by atoms with Gasteiger partial charge in [-0.1, -0.05) is 11.6 Å². The second-order valence-corrected chi connectivity index (χ2v) is 8.85. The van der Waals surface area contributed by atoms with Crippen molar-refractivity contribution in [3.63, 3.8) is 0 Å². The molecule has 0 radical (unpaired) electrons. The molecule has 4 bridgehead atoms. The van der Waals surface area contributed by atoms with Gasteiger partial charge in [0.1, 0.15) is 0 Å². The first-order valence-electron chi connectivity index (χ1n) is 9.35. The summed E-state index contributed by atoms with van der Waals surface area (Å²) in [6, 6.07) is 3.20. The van der Waals surface area contributed by atoms with E-state index in [9.17, 15) is 9.90 Å². The highest BCUT2D eigenvalue weighted by molar-refractivity contribution is 6.32. The standard InChI is InChI=1S/C20H25ClN2O3/c1-26-17-6-15(5-16(21)19(17)25)11-22-23-18(24)10-20-7-12-2-13(8-20)4-14(3-12)9-20/h5-6,11-14,25H,2-4,7-10H2,1H3,(H,23,24)/b22-11+. The molecule has 0 aromatic heterocycles. The molecule has 0 unspecified atom stereocenters. The van der Waals surface area contributed by atoms with Gasteiger partial charge >= 0.3 is 0 Å². The summed E-state index contributed by atoms with van der Waals surface area (Å²) in [5, 5.41) is 14.0. The van der Waals surface area contributed by atoms with Crippen LogP contribution in [0.25, 0.3) is 0 Å². The van der Waals surface area contributed by atoms with Crippen molar-refractivity contribution in [2.75, 3.05) is 7.11 Å². The number of phenols is 1. The van der Waals surface area contributed by atoms with E-state index >= 15 is 0 Å². The van der Waals surface area contributed by atoms with E-state index in [0.717, 1.165) is 17.8 Å². The zero-order valence-corrected chi connectivity index (χ0v) is 15.8. The SMILES string of the molecule is COc1cc(/C=N/NC(=O)CC23CC4CC(CC(C4)C2)C3)cc(Cl)c1O. The van der Waals surface area contributed by atoms with Crippen LogP contribution in [-0.4, -0.2) is 24.3 Å². The molecule has 2 N–H and O–H groups in total. The van der Waals surface area contributed by atoms with Crippen LogP contribution in [0.15, 0.2) is 17.2 Å². The molecule has 1 aromatic rings. The first-order chi connectivity index (χ1) is 12.5. The van der Waals surface area contributed by atoms with Crippen LogP contribution in [0.2, 0.25) is 5.02 Å². The number of benzene rings is 1. The van der Waals surface area contributed by atoms with Crippen LogP contribution in [0, 0.1) is 23.2 Å². The van der Waals surface area contributed by atoms with Gasteiger partial charge in [-0.05, 0) is 79.4 Å². The summed E-state index contributed by atoms with van der Waals surface area (Å²) >= 11 is 5.96. The molecule has 6 heteroatoms. The quantitative estimate of drug-likeness (QED) is 0.600. The number of carbonyl (C=O) groups excluding carboxylic acids is 1. The van der Waals surface area contributed by atoms with Gasteiger partial charge in [0, 0.05) is 6.42 Å². The van der Waals surface area contributed by atoms with Crippen molar-refractivity contribution in [3.05, 3.63) is 22.7 Å². The Morgan fingerprint density at radius 1 is 1.31 bits per heavy atom. The highest BCUT2D eigenvalue weighted by Crippen LogP contribution is 2.61. The van der Waals surface area contributed by atoms with Crippen LogP contribution in [0.4, 0.5) is 0 Å². The van der Waals surface area contributed by atoms with Gasteiger partial charge < -0.3 is 9.84 Å². The number of hydrazone groups is 1. The number of rotatable bonds is 5. The lowest BCUT2D eigenvalue weighted by Crippen LogP contribution is -2.47. The molecule has 1 aromatic carbocycles. The number of halogens is 1. The van der Waals surface area contributed by atoms with Gasteiger partial charge in [0.25, 0.3) is 0 Å². The molecular weight excluding hydrogens is 352 g/mol. The molecule has 0 atom stereocenters. The number of nitrogens with zero attached hydrogens (tertiary/aromatic N) is 1. The minimum Gasteiger partial charge on any atom is -0.503 e. The summed E-state index contributed by atoms with van der Waals surface area (Å²) in [7, 11) is 1.46. The van der Waals surface area contributed by atoms with E-state index in [-0.39, 0.29) is 27.8 Å². The zero-order chi connectivity index (χ0) is 18.3. The maximum atomic E-state index is 12.4. The molecule has 0 aliphatic heterocycles. The van der Waals surface area contributed by atoms with Gasteiger partial charge in [-0.15, -0.1) is 0 Å². The van der Waals surface area contributed by atoms with E-state index in [1.807, 2.05) is 0 Å². The van der Waals surface area contributed by atoms with Gasteiger partial charge in [0.05, 0.1) is 18.3 Å². The third-order valence-corrected chi connectivity index (χ3v) is 6.66. The molecule has 0 heterocycles. The number of ether oxygens (including phenoxy) is 1. The van der Waals surface area contributed by atoms with Crippen LogP contribution >= 0.6 is 11.6 Å². The summed E-state index contributed by atoms with van der Waals surface area (Å²) in [6.45, 7) is 0. The Kier molecular flexibility index (Phi) is 4.59. The van der Waals surface area contributed by atoms with Crippen LogP contribution in [0.1, 0.15) is 50.5 Å². The lowest BCUT2D eigenvalue weighted by Gasteiger charge is -2.56. The molecule has 0 spiro atoms. The monoisotopic (exact) mass is 376 g/mol. The molecule has 140 valence electrons. The highest BCUT2D eigenvalue weighted by atomic mass is 35.5. The predicted molar refractivity (Wildman–Crippen MR) is 101 cm³/mol. The molecular formula is C20H25ClN2O3. The van der Waals surface area contributed by atoms with E-state index in [2.05, 4.69) is 10.5 Å². The minimum atomic E-state index is -0.0998. The van der Waals surface area contributed by atoms with Crippen LogP contribution < -0.4 is 10.2 Å². The lowest BCUT2D eigenvalue weighted by molar-refractivity contribution is -0.129. The van der Waals surface area contributed by atoms with E-state index in [4.69, 9.17) is 16.3 Å². The summed E-state index contributed by atoms with van der Waals surface area (Å²) in [4.78, 5) is 12.4. The number of aromatic hydroxyl groups is 1. The summed E-state index contributed by atoms with van der Waals surface area (Å²) < 4.78 is 5.07. The largest absolute Gasteiger partial charge is 0.503 e. The third-order valence-electron chi connectivity index (χ3n) is 6.37. The summed E-state index contributed by atoms with van der Waals surface area (Å²) in [5.74, 6) is 2.67. The Balaban J connectivity index is 1.37. The van der Waals surface area contributed by atoms with Crippen LogP contribution in [0.3, 0.4) is 0 Å². The zero-order valence-electron chi connectivity index (χ0n) is 15.0. The topological polar surface area (TPSA) is 70.9 Å². The fourth-order valence-electron chi connectivity index (χ4n) is 5.89. The van der Waals surface area contributed by atoms with Crippen LogP contribution in [-0.2, 0) is 4.79 Å². The Hall–Kier alpha value is -1.75. The number of carbonyl (C=O) groups is 1. The Morgan fingerprint density at radius 2 is 1.92 bits per heavy atom. The van der Waals surface area contributed by atoms with Crippen molar-refractivity contribution in [2.24, 2.45) is 28.3 Å². The fourth-order valence-corrected chi connectivity index (χ4v) is 6.11. The predicted octanol–water partition coefficient (Wildman–Crippen LogP) is 4.11. The maximum absolute atomic E-state index is 12.4. The maximum Gasteiger partial charge on any atom is 0.240 e. The summed E-state index contributed by atoms with van der Waals surface area (Å²) in [5.41, 5.74) is 3.52. The average Bonchev–Trinajstić information content (AvgIpc) is 2.56. The van der Waals surface area contributed by atoms with Crippen molar-refractivity contribution in [3.8, 4) is 11.5 Å². The number of hydrogen-bond donors (Lipinski definition) is 2. The van der Waals surface area contributed by atoms with Gasteiger partial charge in [0.15, 0.2) is 11.5 Å². The van der Waals surface area contributed by atoms with E-state index < -0.39 is 0 Å².